The van der Waals surface area contributed by atoms with Gasteiger partial charge in [-0.15, -0.1) is 0 Å². The molecule has 0 spiro atoms. The van der Waals surface area contributed by atoms with E-state index in [1.807, 2.05) is 24.3 Å². The minimum absolute atomic E-state index is 0.140. The lowest BCUT2D eigenvalue weighted by atomic mass is 10.0. The van der Waals surface area contributed by atoms with E-state index in [-0.39, 0.29) is 6.10 Å². The maximum absolute atomic E-state index is 8.42. The second-order valence-electron chi connectivity index (χ2n) is 4.75. The van der Waals surface area contributed by atoms with E-state index in [2.05, 4.69) is 10.0 Å². The maximum Gasteiger partial charge on any atom is 0.130 e. The van der Waals surface area contributed by atoms with Gasteiger partial charge in [0.05, 0.1) is 16.6 Å². The summed E-state index contributed by atoms with van der Waals surface area (Å²) in [5.41, 5.74) is 11.1. The molecule has 2 aromatic rings. The highest BCUT2D eigenvalue weighted by molar-refractivity contribution is 6.39. The first-order valence-corrected chi connectivity index (χ1v) is 7.20. The van der Waals surface area contributed by atoms with Crippen LogP contribution in [-0.2, 0) is 6.42 Å². The van der Waals surface area contributed by atoms with Gasteiger partial charge in [-0.3, -0.25) is 0 Å². The van der Waals surface area contributed by atoms with E-state index in [4.69, 9.17) is 33.5 Å². The van der Waals surface area contributed by atoms with E-state index in [1.54, 1.807) is 12.1 Å². The number of rotatable bonds is 3. The van der Waals surface area contributed by atoms with Crippen molar-refractivity contribution in [2.75, 3.05) is 6.54 Å². The van der Waals surface area contributed by atoms with Crippen LogP contribution in [-0.4, -0.2) is 12.6 Å². The second-order valence-corrected chi connectivity index (χ2v) is 5.56. The molecule has 0 aliphatic carbocycles. The summed E-state index contributed by atoms with van der Waals surface area (Å²) in [4.78, 5) is 2.77. The first-order valence-electron chi connectivity index (χ1n) is 6.44. The number of para-hydroxylation sites is 1. The highest BCUT2D eigenvalue weighted by Crippen LogP contribution is 2.44. The van der Waals surface area contributed by atoms with Crippen LogP contribution in [0.5, 0.6) is 5.75 Å². The van der Waals surface area contributed by atoms with E-state index >= 15 is 0 Å². The van der Waals surface area contributed by atoms with Crippen molar-refractivity contribution in [3.05, 3.63) is 62.4 Å². The van der Waals surface area contributed by atoms with E-state index in [0.29, 0.717) is 23.0 Å². The molecule has 0 aromatic heterocycles. The van der Waals surface area contributed by atoms with Crippen LogP contribution in [0, 0.1) is 0 Å². The zero-order valence-electron chi connectivity index (χ0n) is 11.0. The average Bonchev–Trinajstić information content (AvgIpc) is 2.88. The number of fused-ring (bicyclic) bond motifs is 1. The molecule has 0 fully saturated rings. The van der Waals surface area contributed by atoms with Gasteiger partial charge >= 0.3 is 0 Å². The van der Waals surface area contributed by atoms with Crippen molar-refractivity contribution < 1.29 is 4.74 Å². The van der Waals surface area contributed by atoms with Crippen LogP contribution in [0.2, 0.25) is 10.0 Å². The largest absolute Gasteiger partial charge is 0.489 e. The standard InChI is InChI=1S/C15H11Cl2N3O/c16-12-5-2-6-13(17)14(12)11-4-1-3-9-7-10(8-19-20-18)21-15(9)11/h1-6,10H,7-8H2. The fourth-order valence-corrected chi connectivity index (χ4v) is 3.12. The van der Waals surface area contributed by atoms with Crippen molar-refractivity contribution in [1.29, 1.82) is 0 Å². The summed E-state index contributed by atoms with van der Waals surface area (Å²) in [5, 5.41) is 4.74. The van der Waals surface area contributed by atoms with Crippen LogP contribution in [0.4, 0.5) is 0 Å². The van der Waals surface area contributed by atoms with Gasteiger partial charge in [-0.1, -0.05) is 52.6 Å². The predicted molar refractivity (Wildman–Crippen MR) is 84.0 cm³/mol. The first-order chi connectivity index (χ1) is 10.2. The molecule has 0 amide bonds. The van der Waals surface area contributed by atoms with Gasteiger partial charge in [0.15, 0.2) is 0 Å². The van der Waals surface area contributed by atoms with Crippen LogP contribution in [0.25, 0.3) is 21.6 Å². The Morgan fingerprint density at radius 2 is 1.90 bits per heavy atom. The third kappa shape index (κ3) is 2.66. The molecule has 3 rings (SSSR count). The zero-order chi connectivity index (χ0) is 14.8. The Hall–Kier alpha value is -1.87. The Kier molecular flexibility index (Phi) is 3.93. The second kappa shape index (κ2) is 5.86. The quantitative estimate of drug-likeness (QED) is 0.431. The van der Waals surface area contributed by atoms with Crippen LogP contribution >= 0.6 is 23.2 Å². The molecule has 1 heterocycles. The number of nitrogens with zero attached hydrogens (tertiary/aromatic N) is 3. The van der Waals surface area contributed by atoms with E-state index in [9.17, 15) is 0 Å². The third-order valence-electron chi connectivity index (χ3n) is 3.41. The summed E-state index contributed by atoms with van der Waals surface area (Å²) in [6, 6.07) is 11.3. The van der Waals surface area contributed by atoms with Crippen molar-refractivity contribution in [3.63, 3.8) is 0 Å². The minimum atomic E-state index is -0.140. The van der Waals surface area contributed by atoms with Gasteiger partial charge in [-0.25, -0.2) is 0 Å². The average molecular weight is 320 g/mol. The molecule has 106 valence electrons. The monoisotopic (exact) mass is 319 g/mol. The van der Waals surface area contributed by atoms with Crippen molar-refractivity contribution >= 4 is 23.2 Å². The van der Waals surface area contributed by atoms with Crippen molar-refractivity contribution in [2.45, 2.75) is 12.5 Å². The third-order valence-corrected chi connectivity index (χ3v) is 4.04. The summed E-state index contributed by atoms with van der Waals surface area (Å²) in [7, 11) is 0. The summed E-state index contributed by atoms with van der Waals surface area (Å²) in [5.74, 6) is 0.769. The lowest BCUT2D eigenvalue weighted by Crippen LogP contribution is -2.16. The highest BCUT2D eigenvalue weighted by atomic mass is 35.5. The molecule has 0 saturated heterocycles. The van der Waals surface area contributed by atoms with Gasteiger partial charge in [0.2, 0.25) is 0 Å². The van der Waals surface area contributed by atoms with Crippen LogP contribution in [0.1, 0.15) is 5.56 Å². The maximum atomic E-state index is 8.42. The molecule has 6 heteroatoms. The van der Waals surface area contributed by atoms with Crippen molar-refractivity contribution in [2.24, 2.45) is 5.11 Å². The summed E-state index contributed by atoms with van der Waals surface area (Å²) in [6.07, 6.45) is 0.572. The molecule has 1 aliphatic heterocycles. The summed E-state index contributed by atoms with van der Waals surface area (Å²) < 4.78 is 5.92. The topological polar surface area (TPSA) is 58.0 Å². The summed E-state index contributed by atoms with van der Waals surface area (Å²) >= 11 is 12.6. The highest BCUT2D eigenvalue weighted by Gasteiger charge is 2.26. The van der Waals surface area contributed by atoms with Crippen LogP contribution < -0.4 is 4.74 Å². The van der Waals surface area contributed by atoms with Gasteiger partial charge < -0.3 is 4.74 Å². The smallest absolute Gasteiger partial charge is 0.130 e. The van der Waals surface area contributed by atoms with Gasteiger partial charge in [0, 0.05) is 22.5 Å². The van der Waals surface area contributed by atoms with Crippen molar-refractivity contribution in [3.8, 4) is 16.9 Å². The molecule has 21 heavy (non-hydrogen) atoms. The fourth-order valence-electron chi connectivity index (χ4n) is 2.52. The molecule has 1 atom stereocenters. The molecule has 0 saturated carbocycles. The lowest BCUT2D eigenvalue weighted by molar-refractivity contribution is 0.242. The fraction of sp³-hybridized carbons (Fsp3) is 0.200. The molecule has 0 radical (unpaired) electrons. The van der Waals surface area contributed by atoms with Gasteiger partial charge in [-0.2, -0.15) is 0 Å². The summed E-state index contributed by atoms with van der Waals surface area (Å²) in [6.45, 7) is 0.306. The van der Waals surface area contributed by atoms with E-state index in [1.165, 1.54) is 0 Å². The molecular formula is C15H11Cl2N3O. The molecule has 2 aromatic carbocycles. The van der Waals surface area contributed by atoms with E-state index in [0.717, 1.165) is 22.4 Å². The molecule has 0 bridgehead atoms. The number of hydrogen-bond acceptors (Lipinski definition) is 2. The van der Waals surface area contributed by atoms with Crippen molar-refractivity contribution in [1.82, 2.24) is 0 Å². The SMILES string of the molecule is [N-]=[N+]=NCC1Cc2cccc(-c3c(Cl)cccc3Cl)c2O1. The number of hydrogen-bond donors (Lipinski definition) is 0. The zero-order valence-corrected chi connectivity index (χ0v) is 12.5. The van der Waals surface area contributed by atoms with E-state index < -0.39 is 0 Å². The molecule has 0 N–H and O–H groups in total. The minimum Gasteiger partial charge on any atom is -0.489 e. The Balaban J connectivity index is 2.05. The molecule has 1 aliphatic rings. The van der Waals surface area contributed by atoms with Gasteiger partial charge in [-0.05, 0) is 23.2 Å². The Bertz CT molecular complexity index is 721. The van der Waals surface area contributed by atoms with Gasteiger partial charge in [0.1, 0.15) is 11.9 Å². The Labute approximate surface area is 131 Å². The van der Waals surface area contributed by atoms with Gasteiger partial charge in [0.25, 0.3) is 0 Å². The molecular weight excluding hydrogens is 309 g/mol. The number of azide groups is 1. The first kappa shape index (κ1) is 14.1. The number of ether oxygens (including phenoxy) is 1. The van der Waals surface area contributed by atoms with Crippen LogP contribution in [0.15, 0.2) is 41.5 Å². The molecule has 4 nitrogen and oxygen atoms in total. The number of halogens is 2. The molecule has 1 unspecified atom stereocenters. The number of benzene rings is 2. The Morgan fingerprint density at radius 3 is 2.62 bits per heavy atom. The predicted octanol–water partition coefficient (Wildman–Crippen LogP) is 5.27. The lowest BCUT2D eigenvalue weighted by Gasteiger charge is -2.13. The van der Waals surface area contributed by atoms with Crippen LogP contribution in [0.3, 0.4) is 0 Å². The normalized spacial score (nSPS) is 16.0. The Morgan fingerprint density at radius 1 is 1.19 bits per heavy atom.